The Kier molecular flexibility index (Phi) is 6.39. The first-order valence-electron chi connectivity index (χ1n) is 8.83. The van der Waals surface area contributed by atoms with Crippen molar-refractivity contribution in [3.63, 3.8) is 0 Å². The number of benzene rings is 2. The minimum Gasteiger partial charge on any atom is -0.496 e. The summed E-state index contributed by atoms with van der Waals surface area (Å²) >= 11 is 6.12. The maximum absolute atomic E-state index is 12.8. The molecule has 0 atom stereocenters. The highest BCUT2D eigenvalue weighted by atomic mass is 35.5. The predicted molar refractivity (Wildman–Crippen MR) is 110 cm³/mol. The average Bonchev–Trinajstić information content (AvgIpc) is 3.23. The van der Waals surface area contributed by atoms with Crippen LogP contribution in [0.3, 0.4) is 0 Å². The fourth-order valence-electron chi connectivity index (χ4n) is 3.00. The molecule has 0 aromatic heterocycles. The molecule has 3 rings (SSSR count). The van der Waals surface area contributed by atoms with Crippen LogP contribution in [0.15, 0.2) is 53.4 Å². The highest BCUT2D eigenvalue weighted by Crippen LogP contribution is 2.29. The van der Waals surface area contributed by atoms with E-state index in [1.54, 1.807) is 25.3 Å². The van der Waals surface area contributed by atoms with Crippen molar-refractivity contribution in [1.82, 2.24) is 4.31 Å². The van der Waals surface area contributed by atoms with E-state index in [-0.39, 0.29) is 9.92 Å². The molecule has 1 aliphatic rings. The third-order valence-electron chi connectivity index (χ3n) is 4.43. The first-order valence-corrected chi connectivity index (χ1v) is 10.7. The number of anilines is 1. The molecule has 28 heavy (non-hydrogen) atoms. The van der Waals surface area contributed by atoms with E-state index in [1.807, 2.05) is 18.2 Å². The van der Waals surface area contributed by atoms with Gasteiger partial charge >= 0.3 is 0 Å². The molecule has 1 aliphatic heterocycles. The molecule has 1 N–H and O–H groups in total. The summed E-state index contributed by atoms with van der Waals surface area (Å²) < 4.78 is 32.2. The zero-order valence-electron chi connectivity index (χ0n) is 15.4. The lowest BCUT2D eigenvalue weighted by molar-refractivity contribution is -0.111. The molecule has 6 nitrogen and oxygen atoms in total. The number of carbonyl (C=O) groups excluding carboxylic acids is 1. The molecule has 0 radical (unpaired) electrons. The third-order valence-corrected chi connectivity index (χ3v) is 6.81. The van der Waals surface area contributed by atoms with Gasteiger partial charge in [-0.2, -0.15) is 4.31 Å². The molecule has 8 heteroatoms. The second-order valence-electron chi connectivity index (χ2n) is 6.32. The number of para-hydroxylation sites is 1. The Balaban J connectivity index is 1.77. The van der Waals surface area contributed by atoms with Gasteiger partial charge in [-0.1, -0.05) is 29.8 Å². The van der Waals surface area contributed by atoms with Crippen LogP contribution in [0.4, 0.5) is 5.69 Å². The standard InChI is InChI=1S/C20H21ClN2O4S/c1-27-18-7-3-2-6-15(18)8-11-20(24)22-16-9-10-17(21)19(14-16)28(25,26)23-12-4-5-13-23/h2-3,6-11,14H,4-5,12-13H2,1H3,(H,22,24). The molecule has 1 saturated heterocycles. The Morgan fingerprint density at radius 1 is 1.18 bits per heavy atom. The van der Waals surface area contributed by atoms with E-state index < -0.39 is 15.9 Å². The van der Waals surface area contributed by atoms with Gasteiger partial charge < -0.3 is 10.1 Å². The highest BCUT2D eigenvalue weighted by Gasteiger charge is 2.29. The second kappa shape index (κ2) is 8.77. The van der Waals surface area contributed by atoms with Crippen LogP contribution in [-0.2, 0) is 14.8 Å². The van der Waals surface area contributed by atoms with Gasteiger partial charge in [0, 0.05) is 30.4 Å². The Morgan fingerprint density at radius 2 is 1.89 bits per heavy atom. The Bertz CT molecular complexity index is 999. The van der Waals surface area contributed by atoms with Crippen molar-refractivity contribution in [3.8, 4) is 5.75 Å². The van der Waals surface area contributed by atoms with Gasteiger partial charge in [0.05, 0.1) is 12.1 Å². The number of ether oxygens (including phenoxy) is 1. The minimum absolute atomic E-state index is 0.00238. The van der Waals surface area contributed by atoms with E-state index in [1.165, 1.54) is 22.5 Å². The van der Waals surface area contributed by atoms with Gasteiger partial charge in [-0.15, -0.1) is 0 Å². The molecule has 2 aromatic rings. The molecule has 1 fully saturated rings. The Morgan fingerprint density at radius 3 is 2.61 bits per heavy atom. The highest BCUT2D eigenvalue weighted by molar-refractivity contribution is 7.89. The lowest BCUT2D eigenvalue weighted by Crippen LogP contribution is -2.28. The van der Waals surface area contributed by atoms with Crippen LogP contribution < -0.4 is 10.1 Å². The molecule has 1 amide bonds. The van der Waals surface area contributed by atoms with Crippen LogP contribution in [0.5, 0.6) is 5.75 Å². The lowest BCUT2D eigenvalue weighted by atomic mass is 10.2. The first-order chi connectivity index (χ1) is 13.4. The molecule has 1 heterocycles. The summed E-state index contributed by atoms with van der Waals surface area (Å²) in [4.78, 5) is 12.3. The van der Waals surface area contributed by atoms with E-state index in [0.29, 0.717) is 24.5 Å². The van der Waals surface area contributed by atoms with Crippen molar-refractivity contribution in [2.75, 3.05) is 25.5 Å². The molecule has 2 aromatic carbocycles. The number of halogens is 1. The van der Waals surface area contributed by atoms with Gasteiger partial charge in [-0.25, -0.2) is 8.42 Å². The zero-order valence-corrected chi connectivity index (χ0v) is 17.0. The number of rotatable bonds is 6. The summed E-state index contributed by atoms with van der Waals surface area (Å²) in [7, 11) is -2.12. The normalized spacial score (nSPS) is 15.1. The molecule has 0 unspecified atom stereocenters. The Labute approximate surface area is 169 Å². The van der Waals surface area contributed by atoms with E-state index in [9.17, 15) is 13.2 Å². The van der Waals surface area contributed by atoms with Gasteiger partial charge in [0.15, 0.2) is 0 Å². The summed E-state index contributed by atoms with van der Waals surface area (Å²) in [6, 6.07) is 11.7. The van der Waals surface area contributed by atoms with Crippen molar-refractivity contribution in [3.05, 3.63) is 59.1 Å². The molecule has 148 valence electrons. The predicted octanol–water partition coefficient (Wildman–Crippen LogP) is 3.79. The van der Waals surface area contributed by atoms with E-state index in [2.05, 4.69) is 5.32 Å². The fraction of sp³-hybridized carbons (Fsp3) is 0.250. The van der Waals surface area contributed by atoms with Crippen LogP contribution in [0.25, 0.3) is 6.08 Å². The summed E-state index contributed by atoms with van der Waals surface area (Å²) in [5.74, 6) is 0.259. The quantitative estimate of drug-likeness (QED) is 0.721. The van der Waals surface area contributed by atoms with Crippen molar-refractivity contribution < 1.29 is 17.9 Å². The maximum Gasteiger partial charge on any atom is 0.248 e. The summed E-state index contributed by atoms with van der Waals surface area (Å²) in [6.07, 6.45) is 4.66. The van der Waals surface area contributed by atoms with Crippen molar-refractivity contribution >= 4 is 39.3 Å². The zero-order chi connectivity index (χ0) is 20.1. The van der Waals surface area contributed by atoms with E-state index in [0.717, 1.165) is 18.4 Å². The van der Waals surface area contributed by atoms with Crippen molar-refractivity contribution in [1.29, 1.82) is 0 Å². The number of nitrogens with zero attached hydrogens (tertiary/aromatic N) is 1. The number of nitrogens with one attached hydrogen (secondary N) is 1. The number of carbonyl (C=O) groups is 1. The number of methoxy groups -OCH3 is 1. The summed E-state index contributed by atoms with van der Waals surface area (Å²) in [5.41, 5.74) is 1.12. The SMILES string of the molecule is COc1ccccc1C=CC(=O)Nc1ccc(Cl)c(S(=O)(=O)N2CCCC2)c1. The average molecular weight is 421 g/mol. The maximum atomic E-state index is 12.8. The van der Waals surface area contributed by atoms with E-state index >= 15 is 0 Å². The molecule has 0 aliphatic carbocycles. The van der Waals surface area contributed by atoms with Gasteiger partial charge in [0.1, 0.15) is 10.6 Å². The molecule has 0 bridgehead atoms. The van der Waals surface area contributed by atoms with Crippen LogP contribution in [0, 0.1) is 0 Å². The first kappa shape index (κ1) is 20.4. The minimum atomic E-state index is -3.68. The van der Waals surface area contributed by atoms with E-state index in [4.69, 9.17) is 16.3 Å². The third kappa shape index (κ3) is 4.55. The van der Waals surface area contributed by atoms with Crippen molar-refractivity contribution in [2.45, 2.75) is 17.7 Å². The van der Waals surface area contributed by atoms with Crippen LogP contribution >= 0.6 is 11.6 Å². The van der Waals surface area contributed by atoms with Crippen molar-refractivity contribution in [2.24, 2.45) is 0 Å². The van der Waals surface area contributed by atoms with Gasteiger partial charge in [0.2, 0.25) is 15.9 Å². The number of sulfonamides is 1. The Hall–Kier alpha value is -2.35. The fourth-order valence-corrected chi connectivity index (χ4v) is 5.02. The summed E-state index contributed by atoms with van der Waals surface area (Å²) in [5, 5.41) is 2.81. The van der Waals surface area contributed by atoms with Gasteiger partial charge in [-0.3, -0.25) is 4.79 Å². The monoisotopic (exact) mass is 420 g/mol. The summed E-state index contributed by atoms with van der Waals surface area (Å²) in [6.45, 7) is 0.966. The second-order valence-corrected chi connectivity index (χ2v) is 8.63. The number of amides is 1. The molecular formula is C20H21ClN2O4S. The van der Waals surface area contributed by atoms with Crippen LogP contribution in [0.2, 0.25) is 5.02 Å². The lowest BCUT2D eigenvalue weighted by Gasteiger charge is -2.17. The number of hydrogen-bond donors (Lipinski definition) is 1. The molecule has 0 spiro atoms. The van der Waals surface area contributed by atoms with Crippen LogP contribution in [-0.4, -0.2) is 38.8 Å². The molecular weight excluding hydrogens is 400 g/mol. The molecule has 0 saturated carbocycles. The van der Waals surface area contributed by atoms with Crippen LogP contribution in [0.1, 0.15) is 18.4 Å². The largest absolute Gasteiger partial charge is 0.496 e. The topological polar surface area (TPSA) is 75.7 Å². The number of hydrogen-bond acceptors (Lipinski definition) is 4. The van der Waals surface area contributed by atoms with Gasteiger partial charge in [0.25, 0.3) is 0 Å². The van der Waals surface area contributed by atoms with Gasteiger partial charge in [-0.05, 0) is 43.2 Å². The smallest absolute Gasteiger partial charge is 0.248 e.